The minimum atomic E-state index is -4.08. The van der Waals surface area contributed by atoms with Crippen LogP contribution < -0.4 is 0 Å². The van der Waals surface area contributed by atoms with Crippen molar-refractivity contribution in [1.82, 2.24) is 9.80 Å². The van der Waals surface area contributed by atoms with Crippen molar-refractivity contribution in [3.05, 3.63) is 35.9 Å². The van der Waals surface area contributed by atoms with Crippen molar-refractivity contribution in [2.24, 2.45) is 0 Å². The number of halogens is 3. The number of alkyl halides is 3. The van der Waals surface area contributed by atoms with Gasteiger partial charge in [0.05, 0.1) is 6.54 Å². The molecule has 1 aromatic rings. The van der Waals surface area contributed by atoms with Gasteiger partial charge >= 0.3 is 6.18 Å². The van der Waals surface area contributed by atoms with Gasteiger partial charge in [-0.3, -0.25) is 9.80 Å². The van der Waals surface area contributed by atoms with E-state index < -0.39 is 12.7 Å². The van der Waals surface area contributed by atoms with Crippen molar-refractivity contribution in [3.63, 3.8) is 0 Å². The molecule has 5 heteroatoms. The van der Waals surface area contributed by atoms with E-state index in [0.29, 0.717) is 26.2 Å². The molecule has 0 bridgehead atoms. The Morgan fingerprint density at radius 2 is 1.44 bits per heavy atom. The maximum Gasteiger partial charge on any atom is 0.401 e. The molecule has 0 saturated carbocycles. The Morgan fingerprint density at radius 1 is 0.889 bits per heavy atom. The molecule has 2 nitrogen and oxygen atoms in total. The number of piperazine rings is 1. The van der Waals surface area contributed by atoms with Gasteiger partial charge in [0.1, 0.15) is 0 Å². The molecular formula is C13H17F3N2. The molecule has 1 aliphatic rings. The monoisotopic (exact) mass is 258 g/mol. The van der Waals surface area contributed by atoms with Crippen molar-refractivity contribution < 1.29 is 13.2 Å². The lowest BCUT2D eigenvalue weighted by Gasteiger charge is -2.34. The quantitative estimate of drug-likeness (QED) is 0.821. The zero-order valence-electron chi connectivity index (χ0n) is 10.2. The molecule has 0 unspecified atom stereocenters. The molecule has 0 N–H and O–H groups in total. The molecule has 2 rings (SSSR count). The molecule has 0 amide bonds. The van der Waals surface area contributed by atoms with Gasteiger partial charge in [-0.25, -0.2) is 0 Å². The van der Waals surface area contributed by atoms with E-state index in [1.165, 1.54) is 10.5 Å². The fraction of sp³-hybridized carbons (Fsp3) is 0.538. The third kappa shape index (κ3) is 4.31. The van der Waals surface area contributed by atoms with Crippen LogP contribution in [0.1, 0.15) is 5.56 Å². The molecule has 18 heavy (non-hydrogen) atoms. The number of benzene rings is 1. The summed E-state index contributed by atoms with van der Waals surface area (Å²) in [6.07, 6.45) is -4.08. The lowest BCUT2D eigenvalue weighted by molar-refractivity contribution is -0.149. The highest BCUT2D eigenvalue weighted by Gasteiger charge is 2.31. The van der Waals surface area contributed by atoms with Crippen LogP contribution in [0, 0.1) is 0 Å². The summed E-state index contributed by atoms with van der Waals surface area (Å²) in [4.78, 5) is 3.67. The molecule has 1 aromatic carbocycles. The van der Waals surface area contributed by atoms with E-state index >= 15 is 0 Å². The molecule has 1 aliphatic heterocycles. The second kappa shape index (κ2) is 5.71. The third-order valence-corrected chi connectivity index (χ3v) is 3.12. The van der Waals surface area contributed by atoms with Gasteiger partial charge in [0.15, 0.2) is 0 Å². The van der Waals surface area contributed by atoms with Gasteiger partial charge in [0, 0.05) is 32.7 Å². The van der Waals surface area contributed by atoms with Crippen LogP contribution in [-0.4, -0.2) is 48.7 Å². The van der Waals surface area contributed by atoms with Crippen LogP contribution in [-0.2, 0) is 6.54 Å². The van der Waals surface area contributed by atoms with Crippen LogP contribution in [0.4, 0.5) is 13.2 Å². The van der Waals surface area contributed by atoms with E-state index in [9.17, 15) is 13.2 Å². The Labute approximate surface area is 105 Å². The standard InChI is InChI=1S/C13H17F3N2/c14-13(15,16)11-18-8-6-17(7-9-18)10-12-4-2-1-3-5-12/h1-5H,6-11H2. The number of hydrogen-bond acceptors (Lipinski definition) is 2. The zero-order valence-corrected chi connectivity index (χ0v) is 10.2. The van der Waals surface area contributed by atoms with Crippen LogP contribution in [0.25, 0.3) is 0 Å². The maximum atomic E-state index is 12.2. The van der Waals surface area contributed by atoms with Crippen LogP contribution in [0.15, 0.2) is 30.3 Å². The van der Waals surface area contributed by atoms with Gasteiger partial charge in [-0.05, 0) is 5.56 Å². The van der Waals surface area contributed by atoms with Gasteiger partial charge in [0.25, 0.3) is 0 Å². The van der Waals surface area contributed by atoms with E-state index in [1.54, 1.807) is 0 Å². The minimum absolute atomic E-state index is 0.492. The van der Waals surface area contributed by atoms with Crippen LogP contribution >= 0.6 is 0 Å². The van der Waals surface area contributed by atoms with E-state index in [4.69, 9.17) is 0 Å². The molecular weight excluding hydrogens is 241 g/mol. The average molecular weight is 258 g/mol. The molecule has 0 atom stereocenters. The van der Waals surface area contributed by atoms with Crippen molar-refractivity contribution in [3.8, 4) is 0 Å². The SMILES string of the molecule is FC(F)(F)CN1CCN(Cc2ccccc2)CC1. The Kier molecular flexibility index (Phi) is 4.24. The molecule has 100 valence electrons. The fourth-order valence-electron chi connectivity index (χ4n) is 2.20. The number of rotatable bonds is 3. The molecule has 1 saturated heterocycles. The molecule has 0 aliphatic carbocycles. The van der Waals surface area contributed by atoms with Crippen molar-refractivity contribution in [1.29, 1.82) is 0 Å². The fourth-order valence-corrected chi connectivity index (χ4v) is 2.20. The molecule has 0 aromatic heterocycles. The second-order valence-electron chi connectivity index (χ2n) is 4.65. The number of hydrogen-bond donors (Lipinski definition) is 0. The maximum absolute atomic E-state index is 12.2. The molecule has 1 heterocycles. The second-order valence-corrected chi connectivity index (χ2v) is 4.65. The van der Waals surface area contributed by atoms with Gasteiger partial charge < -0.3 is 0 Å². The van der Waals surface area contributed by atoms with E-state index in [0.717, 1.165) is 6.54 Å². The average Bonchev–Trinajstić information content (AvgIpc) is 2.31. The van der Waals surface area contributed by atoms with Crippen molar-refractivity contribution in [2.75, 3.05) is 32.7 Å². The molecule has 1 fully saturated rings. The molecule has 0 radical (unpaired) electrons. The highest BCUT2D eigenvalue weighted by Crippen LogP contribution is 2.18. The van der Waals surface area contributed by atoms with Crippen LogP contribution in [0.3, 0.4) is 0 Å². The van der Waals surface area contributed by atoms with Crippen molar-refractivity contribution in [2.45, 2.75) is 12.7 Å². The largest absolute Gasteiger partial charge is 0.401 e. The summed E-state index contributed by atoms with van der Waals surface area (Å²) in [7, 11) is 0. The summed E-state index contributed by atoms with van der Waals surface area (Å²) in [5, 5.41) is 0. The lowest BCUT2D eigenvalue weighted by atomic mass is 10.2. The lowest BCUT2D eigenvalue weighted by Crippen LogP contribution is -2.48. The summed E-state index contributed by atoms with van der Waals surface area (Å²) in [6.45, 7) is 2.42. The molecule has 0 spiro atoms. The van der Waals surface area contributed by atoms with Crippen LogP contribution in [0.2, 0.25) is 0 Å². The van der Waals surface area contributed by atoms with Gasteiger partial charge in [-0.1, -0.05) is 30.3 Å². The predicted molar refractivity (Wildman–Crippen MR) is 64.2 cm³/mol. The van der Waals surface area contributed by atoms with E-state index in [1.807, 2.05) is 30.3 Å². The first-order valence-corrected chi connectivity index (χ1v) is 6.08. The summed E-state index contributed by atoms with van der Waals surface area (Å²) in [6, 6.07) is 10.0. The summed E-state index contributed by atoms with van der Waals surface area (Å²) in [5.74, 6) is 0. The summed E-state index contributed by atoms with van der Waals surface area (Å²) < 4.78 is 36.7. The Balaban J connectivity index is 1.77. The smallest absolute Gasteiger partial charge is 0.297 e. The van der Waals surface area contributed by atoms with Gasteiger partial charge in [-0.15, -0.1) is 0 Å². The first-order chi connectivity index (χ1) is 8.53. The van der Waals surface area contributed by atoms with E-state index in [-0.39, 0.29) is 0 Å². The highest BCUT2D eigenvalue weighted by molar-refractivity contribution is 5.14. The zero-order chi connectivity index (χ0) is 13.0. The third-order valence-electron chi connectivity index (χ3n) is 3.12. The predicted octanol–water partition coefficient (Wildman–Crippen LogP) is 2.37. The summed E-state index contributed by atoms with van der Waals surface area (Å²) in [5.41, 5.74) is 1.21. The topological polar surface area (TPSA) is 6.48 Å². The first kappa shape index (κ1) is 13.4. The van der Waals surface area contributed by atoms with E-state index in [2.05, 4.69) is 4.90 Å². The first-order valence-electron chi connectivity index (χ1n) is 6.08. The minimum Gasteiger partial charge on any atom is -0.297 e. The van der Waals surface area contributed by atoms with Crippen molar-refractivity contribution >= 4 is 0 Å². The summed E-state index contributed by atoms with van der Waals surface area (Å²) >= 11 is 0. The van der Waals surface area contributed by atoms with Gasteiger partial charge in [0.2, 0.25) is 0 Å². The van der Waals surface area contributed by atoms with Gasteiger partial charge in [-0.2, -0.15) is 13.2 Å². The highest BCUT2D eigenvalue weighted by atomic mass is 19.4. The Morgan fingerprint density at radius 3 is 2.00 bits per heavy atom. The Hall–Kier alpha value is -1.07. The van der Waals surface area contributed by atoms with Crippen LogP contribution in [0.5, 0.6) is 0 Å². The Bertz CT molecular complexity index is 356. The number of nitrogens with zero attached hydrogens (tertiary/aromatic N) is 2. The normalized spacial score (nSPS) is 19.1.